The molecule has 1 amide bonds. The van der Waals surface area contributed by atoms with Gasteiger partial charge < -0.3 is 14.8 Å². The monoisotopic (exact) mass is 316 g/mol. The van der Waals surface area contributed by atoms with Gasteiger partial charge in [-0.1, -0.05) is 0 Å². The molecule has 3 rings (SSSR count). The molecule has 0 bridgehead atoms. The molecule has 7 nitrogen and oxygen atoms in total. The lowest BCUT2D eigenvalue weighted by Crippen LogP contribution is -2.37. The summed E-state index contributed by atoms with van der Waals surface area (Å²) in [6, 6.07) is 5.31. The van der Waals surface area contributed by atoms with Crippen LogP contribution in [-0.2, 0) is 4.74 Å². The van der Waals surface area contributed by atoms with Gasteiger partial charge in [0.25, 0.3) is 5.91 Å². The van der Waals surface area contributed by atoms with E-state index in [2.05, 4.69) is 20.5 Å². The number of H-pyrrole nitrogens is 1. The fraction of sp³-hybridized carbons (Fsp3) is 0.438. The number of aryl methyl sites for hydroxylation is 1. The number of amides is 1. The second-order valence-electron chi connectivity index (χ2n) is 5.44. The maximum absolute atomic E-state index is 12.5. The molecule has 1 aromatic carbocycles. The van der Waals surface area contributed by atoms with E-state index in [1.165, 1.54) is 6.33 Å². The van der Waals surface area contributed by atoms with Crippen molar-refractivity contribution in [1.29, 1.82) is 0 Å². The molecule has 2 aromatic rings. The van der Waals surface area contributed by atoms with Crippen molar-refractivity contribution < 1.29 is 14.3 Å². The fourth-order valence-corrected chi connectivity index (χ4v) is 2.72. The van der Waals surface area contributed by atoms with Crippen molar-refractivity contribution in [3.63, 3.8) is 0 Å². The number of carbonyl (C=O) groups excluding carboxylic acids is 1. The second kappa shape index (κ2) is 6.78. The minimum absolute atomic E-state index is 0.123. The summed E-state index contributed by atoms with van der Waals surface area (Å²) in [4.78, 5) is 16.6. The Labute approximate surface area is 134 Å². The Bertz CT molecular complexity index is 672. The van der Waals surface area contributed by atoms with Crippen LogP contribution in [0, 0.1) is 6.92 Å². The van der Waals surface area contributed by atoms with Crippen LogP contribution in [0.3, 0.4) is 0 Å². The third kappa shape index (κ3) is 3.34. The van der Waals surface area contributed by atoms with Crippen LogP contribution in [0.15, 0.2) is 24.5 Å². The highest BCUT2D eigenvalue weighted by molar-refractivity contribution is 5.94. The third-order valence-corrected chi connectivity index (χ3v) is 3.85. The van der Waals surface area contributed by atoms with E-state index in [4.69, 9.17) is 9.47 Å². The lowest BCUT2D eigenvalue weighted by Gasteiger charge is -2.18. The number of hydrogen-bond acceptors (Lipinski definition) is 5. The first-order valence-corrected chi connectivity index (χ1v) is 7.70. The molecule has 0 saturated carbocycles. The van der Waals surface area contributed by atoms with Gasteiger partial charge in [0.1, 0.15) is 18.2 Å². The van der Waals surface area contributed by atoms with Gasteiger partial charge in [-0.15, -0.1) is 0 Å². The van der Waals surface area contributed by atoms with Crippen molar-refractivity contribution in [3.8, 4) is 5.75 Å². The van der Waals surface area contributed by atoms with Gasteiger partial charge in [-0.2, -0.15) is 5.10 Å². The Balaban J connectivity index is 1.70. The van der Waals surface area contributed by atoms with Crippen LogP contribution >= 0.6 is 0 Å². The minimum atomic E-state index is -0.287. The second-order valence-corrected chi connectivity index (χ2v) is 5.44. The molecule has 2 atom stereocenters. The molecule has 2 heterocycles. The third-order valence-electron chi connectivity index (χ3n) is 3.85. The van der Waals surface area contributed by atoms with Crippen LogP contribution < -0.4 is 10.1 Å². The number of aromatic amines is 1. The molecule has 0 spiro atoms. The van der Waals surface area contributed by atoms with Gasteiger partial charge in [0.05, 0.1) is 12.6 Å². The molecule has 7 heteroatoms. The number of rotatable bonds is 5. The largest absolute Gasteiger partial charge is 0.494 e. The summed E-state index contributed by atoms with van der Waals surface area (Å²) in [5.74, 6) is 1.31. The Morgan fingerprint density at radius 2 is 2.39 bits per heavy atom. The summed E-state index contributed by atoms with van der Waals surface area (Å²) in [5, 5.41) is 9.65. The van der Waals surface area contributed by atoms with Crippen LogP contribution in [0.2, 0.25) is 0 Å². The van der Waals surface area contributed by atoms with E-state index in [0.717, 1.165) is 17.7 Å². The van der Waals surface area contributed by atoms with Gasteiger partial charge >= 0.3 is 0 Å². The number of benzene rings is 1. The van der Waals surface area contributed by atoms with E-state index in [-0.39, 0.29) is 18.1 Å². The quantitative estimate of drug-likeness (QED) is 0.877. The van der Waals surface area contributed by atoms with Crippen molar-refractivity contribution in [2.24, 2.45) is 0 Å². The summed E-state index contributed by atoms with van der Waals surface area (Å²) in [7, 11) is 0. The molecule has 0 aliphatic carbocycles. The zero-order chi connectivity index (χ0) is 16.2. The van der Waals surface area contributed by atoms with Crippen molar-refractivity contribution in [2.75, 3.05) is 13.2 Å². The Hall–Kier alpha value is -2.41. The highest BCUT2D eigenvalue weighted by Crippen LogP contribution is 2.27. The number of ether oxygens (including phenoxy) is 2. The first-order chi connectivity index (χ1) is 11.2. The fourth-order valence-electron chi connectivity index (χ4n) is 2.72. The smallest absolute Gasteiger partial charge is 0.251 e. The predicted molar refractivity (Wildman–Crippen MR) is 83.3 cm³/mol. The number of hydrogen-bond donors (Lipinski definition) is 2. The molecule has 23 heavy (non-hydrogen) atoms. The zero-order valence-corrected chi connectivity index (χ0v) is 13.2. The molecule has 1 saturated heterocycles. The summed E-state index contributed by atoms with van der Waals surface area (Å²) < 4.78 is 11.2. The summed E-state index contributed by atoms with van der Waals surface area (Å²) in [6.45, 7) is 5.05. The minimum Gasteiger partial charge on any atom is -0.494 e. The van der Waals surface area contributed by atoms with Crippen LogP contribution in [0.5, 0.6) is 5.75 Å². The average Bonchev–Trinajstić information content (AvgIpc) is 3.20. The number of aromatic nitrogens is 3. The molecule has 1 aliphatic rings. The highest BCUT2D eigenvalue weighted by atomic mass is 16.5. The molecule has 2 N–H and O–H groups in total. The average molecular weight is 316 g/mol. The van der Waals surface area contributed by atoms with E-state index in [1.807, 2.05) is 26.0 Å². The molecule has 0 radical (unpaired) electrons. The molecule has 1 aromatic heterocycles. The van der Waals surface area contributed by atoms with Crippen molar-refractivity contribution >= 4 is 5.91 Å². The normalized spacial score (nSPS) is 20.4. The van der Waals surface area contributed by atoms with Crippen LogP contribution in [0.4, 0.5) is 0 Å². The van der Waals surface area contributed by atoms with E-state index in [0.29, 0.717) is 24.6 Å². The lowest BCUT2D eigenvalue weighted by molar-refractivity contribution is 0.0792. The number of nitrogens with one attached hydrogen (secondary N) is 2. The van der Waals surface area contributed by atoms with Crippen LogP contribution in [0.1, 0.15) is 41.2 Å². The highest BCUT2D eigenvalue weighted by Gasteiger charge is 2.33. The molecular formula is C16H20N4O3. The molecule has 1 fully saturated rings. The van der Waals surface area contributed by atoms with Crippen LogP contribution in [0.25, 0.3) is 0 Å². The van der Waals surface area contributed by atoms with Crippen molar-refractivity contribution in [3.05, 3.63) is 41.5 Å². The molecular weight excluding hydrogens is 296 g/mol. The van der Waals surface area contributed by atoms with Crippen molar-refractivity contribution in [2.45, 2.75) is 32.4 Å². The topological polar surface area (TPSA) is 89.1 Å². The first kappa shape index (κ1) is 15.5. The summed E-state index contributed by atoms with van der Waals surface area (Å²) in [5.41, 5.74) is 1.54. The van der Waals surface area contributed by atoms with Crippen molar-refractivity contribution in [1.82, 2.24) is 20.5 Å². The number of nitrogens with zero attached hydrogens (tertiary/aromatic N) is 2. The predicted octanol–water partition coefficient (Wildman–Crippen LogP) is 1.77. The first-order valence-electron chi connectivity index (χ1n) is 7.70. The lowest BCUT2D eigenvalue weighted by atomic mass is 10.1. The summed E-state index contributed by atoms with van der Waals surface area (Å²) >= 11 is 0. The van der Waals surface area contributed by atoms with E-state index in [1.54, 1.807) is 6.07 Å². The molecule has 1 aliphatic heterocycles. The van der Waals surface area contributed by atoms with Gasteiger partial charge in [-0.3, -0.25) is 9.89 Å². The Morgan fingerprint density at radius 3 is 3.09 bits per heavy atom. The Kier molecular flexibility index (Phi) is 4.57. The maximum Gasteiger partial charge on any atom is 0.251 e. The van der Waals surface area contributed by atoms with Gasteiger partial charge in [0, 0.05) is 12.2 Å². The van der Waals surface area contributed by atoms with E-state index >= 15 is 0 Å². The van der Waals surface area contributed by atoms with Gasteiger partial charge in [0.15, 0.2) is 5.82 Å². The van der Waals surface area contributed by atoms with Gasteiger partial charge in [-0.25, -0.2) is 4.98 Å². The summed E-state index contributed by atoms with van der Waals surface area (Å²) in [6.07, 6.45) is 1.89. The standard InChI is InChI=1S/C16H20N4O3/c1-3-22-13-5-4-11(8-10(13)2)16(21)19-12-6-7-23-14(12)15-17-9-18-20-15/h4-5,8-9,12,14H,3,6-7H2,1-2H3,(H,19,21)(H,17,18,20)/t12-,14+/m0/s1. The SMILES string of the molecule is CCOc1ccc(C(=O)N[C@H]2CCO[C@H]2c2ncn[nH]2)cc1C. The molecule has 0 unspecified atom stereocenters. The van der Waals surface area contributed by atoms with Gasteiger partial charge in [0.2, 0.25) is 0 Å². The Morgan fingerprint density at radius 1 is 1.52 bits per heavy atom. The van der Waals surface area contributed by atoms with E-state index < -0.39 is 0 Å². The van der Waals surface area contributed by atoms with E-state index in [9.17, 15) is 4.79 Å². The number of carbonyl (C=O) groups is 1. The van der Waals surface area contributed by atoms with Gasteiger partial charge in [-0.05, 0) is 44.0 Å². The maximum atomic E-state index is 12.5. The zero-order valence-electron chi connectivity index (χ0n) is 13.2. The van der Waals surface area contributed by atoms with Crippen LogP contribution in [-0.4, -0.2) is 40.3 Å². The molecule has 122 valence electrons.